The number of ether oxygens (including phenoxy) is 8. The van der Waals surface area contributed by atoms with Crippen molar-refractivity contribution in [3.05, 3.63) is 12.2 Å². The molecule has 25 nitrogen and oxygen atoms in total. The molecule has 0 aromatic rings. The van der Waals surface area contributed by atoms with E-state index in [0.717, 1.165) is 51.9 Å². The van der Waals surface area contributed by atoms with Crippen molar-refractivity contribution >= 4 is 11.8 Å². The number of amides is 2. The van der Waals surface area contributed by atoms with Gasteiger partial charge in [0.25, 0.3) is 0 Å². The zero-order valence-electron chi connectivity index (χ0n) is 54.9. The summed E-state index contributed by atoms with van der Waals surface area (Å²) in [4.78, 5) is 25.6. The largest absolute Gasteiger partial charge is 0.394 e. The van der Waals surface area contributed by atoms with E-state index in [1.165, 1.54) is 141 Å². The number of hydrogen-bond acceptors (Lipinski definition) is 23. The average Bonchev–Trinajstić information content (AvgIpc) is 0.892. The molecule has 0 aromatic heterocycles. The van der Waals surface area contributed by atoms with Gasteiger partial charge in [0.05, 0.1) is 45.2 Å². The molecule has 15 N–H and O–H groups in total. The smallest absolute Gasteiger partial charge is 0.220 e. The molecule has 4 saturated heterocycles. The summed E-state index contributed by atoms with van der Waals surface area (Å²) in [6.45, 7) is 1.84. The highest BCUT2D eigenvalue weighted by Gasteiger charge is 2.55. The molecule has 0 aromatic carbocycles. The number of nitrogens with one attached hydrogen (secondary N) is 2. The predicted molar refractivity (Wildman–Crippen MR) is 335 cm³/mol. The Labute approximate surface area is 540 Å². The first kappa shape index (κ1) is 81.3. The van der Waals surface area contributed by atoms with Crippen LogP contribution in [0.4, 0.5) is 0 Å². The standard InChI is InChI=1S/C66H122N2O23/c1-4-6-8-10-12-14-16-18-19-20-21-22-23-25-27-29-31-33-35-37-50(74)68-44(45(73)36-34-32-30-28-26-24-17-15-13-11-9-7-5-2)41-84-64-59(82)57(80)61(48(40-71)88-64)90-66-60(83)62(91-65-58(81)56(79)53(76)47(39-70)87-65)54(77)49(89-66)42-85-63-51(67-43(3)72)55(78)52(75)46(38-69)86-63/h34,36,44-49,51-66,69-71,73,75-83H,4-33,35,37-42H2,1-3H3,(H,67,72)(H,68,74)/b36-34+/t44-,45+,46?,47?,48?,49?,51?,52+,53-,54-,55+,56-,57+,58?,59?,60?,61+,62-,63+,64+,65+,66-/m0/s1. The number of allylic oxidation sites excluding steroid dienone is 1. The molecule has 4 heterocycles. The first-order valence-corrected chi connectivity index (χ1v) is 34.9. The van der Waals surface area contributed by atoms with E-state index in [-0.39, 0.29) is 12.3 Å². The number of aliphatic hydroxyl groups is 13. The number of carbonyl (C=O) groups excluding carboxylic acids is 2. The third kappa shape index (κ3) is 28.8. The molecular weight excluding hydrogens is 1190 g/mol. The van der Waals surface area contributed by atoms with Crippen LogP contribution in [0.2, 0.25) is 0 Å². The van der Waals surface area contributed by atoms with E-state index in [1.54, 1.807) is 6.08 Å². The molecule has 534 valence electrons. The van der Waals surface area contributed by atoms with Crippen molar-refractivity contribution in [1.82, 2.24) is 10.6 Å². The summed E-state index contributed by atoms with van der Waals surface area (Å²) in [5.41, 5.74) is 0. The maximum atomic E-state index is 13.5. The second-order valence-electron chi connectivity index (χ2n) is 25.8. The number of hydrogen-bond donors (Lipinski definition) is 15. The van der Waals surface area contributed by atoms with Crippen LogP contribution in [0, 0.1) is 0 Å². The molecule has 4 aliphatic rings. The SMILES string of the molecule is CCCCCCCCCCCCC/C=C/[C@@H](O)[C@H](CO[C@@H]1OC(CO)[C@@H](O[C@@H]2OC(CO[C@@H]3OC(CO)[C@@H](O)[C@H](O)C3NC(C)=O)[C@H](O)[C@H](O[C@H]3OC(CO)[C@H](O)[C@H](O)C3O)C2O)[C@H](O)C1O)NC(=O)CCCCCCCCCCCCCCCCCCCCC. The second-order valence-corrected chi connectivity index (χ2v) is 25.8. The van der Waals surface area contributed by atoms with Crippen molar-refractivity contribution in [3.8, 4) is 0 Å². The van der Waals surface area contributed by atoms with Crippen LogP contribution in [-0.2, 0) is 47.5 Å². The van der Waals surface area contributed by atoms with Crippen molar-refractivity contribution in [2.24, 2.45) is 0 Å². The molecule has 25 heteroatoms. The topological polar surface area (TPSA) is 395 Å². The highest BCUT2D eigenvalue weighted by molar-refractivity contribution is 5.76. The number of rotatable bonds is 49. The van der Waals surface area contributed by atoms with Crippen LogP contribution < -0.4 is 10.6 Å². The van der Waals surface area contributed by atoms with E-state index in [2.05, 4.69) is 24.5 Å². The highest BCUT2D eigenvalue weighted by atomic mass is 16.8. The number of aliphatic hydroxyl groups excluding tert-OH is 13. The summed E-state index contributed by atoms with van der Waals surface area (Å²) in [7, 11) is 0. The fraction of sp³-hybridized carbons (Fsp3) is 0.939. The lowest BCUT2D eigenvalue weighted by Gasteiger charge is -2.48. The normalized spacial score (nSPS) is 32.9. The van der Waals surface area contributed by atoms with Crippen LogP contribution in [0.1, 0.15) is 226 Å². The molecule has 4 aliphatic heterocycles. The van der Waals surface area contributed by atoms with Gasteiger partial charge in [-0.05, 0) is 19.3 Å². The molecule has 91 heavy (non-hydrogen) atoms. The molecule has 22 atom stereocenters. The van der Waals surface area contributed by atoms with Gasteiger partial charge < -0.3 is 115 Å². The van der Waals surface area contributed by atoms with Crippen LogP contribution in [0.25, 0.3) is 0 Å². The summed E-state index contributed by atoms with van der Waals surface area (Å²) < 4.78 is 46.8. The van der Waals surface area contributed by atoms with E-state index >= 15 is 0 Å². The second kappa shape index (κ2) is 46.9. The quantitative estimate of drug-likeness (QED) is 0.0307. The summed E-state index contributed by atoms with van der Waals surface area (Å²) in [6, 6.07) is -2.49. The average molecular weight is 1310 g/mol. The van der Waals surface area contributed by atoms with E-state index < -0.39 is 174 Å². The monoisotopic (exact) mass is 1310 g/mol. The maximum absolute atomic E-state index is 13.5. The Balaban J connectivity index is 1.38. The minimum atomic E-state index is -2.13. The molecule has 0 saturated carbocycles. The summed E-state index contributed by atoms with van der Waals surface area (Å²) in [5.74, 6) is -0.989. The summed E-state index contributed by atoms with van der Waals surface area (Å²) in [6.07, 6.45) is 5.04. The van der Waals surface area contributed by atoms with Gasteiger partial charge in [0, 0.05) is 13.3 Å². The first-order valence-electron chi connectivity index (χ1n) is 34.9. The van der Waals surface area contributed by atoms with Gasteiger partial charge >= 0.3 is 0 Å². The van der Waals surface area contributed by atoms with Crippen molar-refractivity contribution in [1.29, 1.82) is 0 Å². The zero-order chi connectivity index (χ0) is 66.5. The Kier molecular flexibility index (Phi) is 41.9. The van der Waals surface area contributed by atoms with Gasteiger partial charge in [-0.25, -0.2) is 0 Å². The third-order valence-electron chi connectivity index (χ3n) is 18.1. The fourth-order valence-corrected chi connectivity index (χ4v) is 12.3. The molecule has 0 spiro atoms. The Hall–Kier alpha value is -2.16. The molecule has 0 bridgehead atoms. The van der Waals surface area contributed by atoms with Crippen molar-refractivity contribution in [2.75, 3.05) is 33.0 Å². The lowest BCUT2D eigenvalue weighted by molar-refractivity contribution is -0.383. The molecule has 2 amide bonds. The van der Waals surface area contributed by atoms with E-state index in [4.69, 9.17) is 37.9 Å². The fourth-order valence-electron chi connectivity index (χ4n) is 12.3. The predicted octanol–water partition coefficient (Wildman–Crippen LogP) is 3.34. The van der Waals surface area contributed by atoms with Crippen LogP contribution in [-0.4, -0.2) is 246 Å². The lowest BCUT2D eigenvalue weighted by Crippen LogP contribution is -2.67. The van der Waals surface area contributed by atoms with Crippen LogP contribution in [0.5, 0.6) is 0 Å². The number of unbranched alkanes of at least 4 members (excludes halogenated alkanes) is 29. The number of carbonyl (C=O) groups is 2. The highest BCUT2D eigenvalue weighted by Crippen LogP contribution is 2.34. The Morgan fingerprint density at radius 2 is 0.857 bits per heavy atom. The van der Waals surface area contributed by atoms with Gasteiger partial charge in [-0.15, -0.1) is 0 Å². The Bertz CT molecular complexity index is 1900. The molecule has 4 rings (SSSR count). The Morgan fingerprint density at radius 1 is 0.440 bits per heavy atom. The van der Waals surface area contributed by atoms with Crippen molar-refractivity contribution in [2.45, 2.75) is 361 Å². The van der Waals surface area contributed by atoms with Crippen molar-refractivity contribution in [3.63, 3.8) is 0 Å². The van der Waals surface area contributed by atoms with Gasteiger partial charge in [-0.1, -0.05) is 206 Å². The maximum Gasteiger partial charge on any atom is 0.220 e. The van der Waals surface area contributed by atoms with E-state index in [0.29, 0.717) is 12.8 Å². The molecule has 4 fully saturated rings. The van der Waals surface area contributed by atoms with Gasteiger partial charge in [-0.2, -0.15) is 0 Å². The summed E-state index contributed by atoms with van der Waals surface area (Å²) >= 11 is 0. The van der Waals surface area contributed by atoms with Gasteiger partial charge in [0.1, 0.15) is 97.6 Å². The van der Waals surface area contributed by atoms with E-state index in [9.17, 15) is 76.0 Å². The lowest BCUT2D eigenvalue weighted by atomic mass is 9.95. The van der Waals surface area contributed by atoms with Gasteiger partial charge in [0.15, 0.2) is 25.2 Å². The van der Waals surface area contributed by atoms with E-state index in [1.807, 2.05) is 6.08 Å². The van der Waals surface area contributed by atoms with Crippen LogP contribution in [0.15, 0.2) is 12.2 Å². The minimum Gasteiger partial charge on any atom is -0.394 e. The molecule has 0 radical (unpaired) electrons. The molecular formula is C66H122N2O23. The third-order valence-corrected chi connectivity index (χ3v) is 18.1. The van der Waals surface area contributed by atoms with Crippen LogP contribution >= 0.6 is 0 Å². The zero-order valence-corrected chi connectivity index (χ0v) is 54.9. The summed E-state index contributed by atoms with van der Waals surface area (Å²) in [5, 5.41) is 147. The first-order chi connectivity index (χ1) is 43.9. The molecule has 0 aliphatic carbocycles. The Morgan fingerprint density at radius 3 is 1.35 bits per heavy atom. The minimum absolute atomic E-state index is 0.203. The van der Waals surface area contributed by atoms with Crippen LogP contribution in [0.3, 0.4) is 0 Å². The molecule has 8 unspecified atom stereocenters. The van der Waals surface area contributed by atoms with Gasteiger partial charge in [-0.3, -0.25) is 9.59 Å². The van der Waals surface area contributed by atoms with Crippen molar-refractivity contribution < 1.29 is 114 Å². The van der Waals surface area contributed by atoms with Gasteiger partial charge in [0.2, 0.25) is 11.8 Å².